The Morgan fingerprint density at radius 2 is 1.55 bits per heavy atom. The van der Waals surface area contributed by atoms with Gasteiger partial charge in [0.05, 0.1) is 5.92 Å². The molecule has 2 amide bonds. The summed E-state index contributed by atoms with van der Waals surface area (Å²) in [7, 11) is 0. The Hall–Kier alpha value is -3.35. The number of aliphatic carboxylic acids is 1. The molecule has 0 heterocycles. The molecule has 0 bridgehead atoms. The molecule has 7 heteroatoms. The maximum Gasteiger partial charge on any atom is 0.407 e. The van der Waals surface area contributed by atoms with Gasteiger partial charge in [-0.2, -0.15) is 0 Å². The van der Waals surface area contributed by atoms with E-state index in [1.54, 1.807) is 6.92 Å². The first-order valence-electron chi connectivity index (χ1n) is 11.3. The summed E-state index contributed by atoms with van der Waals surface area (Å²) in [4.78, 5) is 36.7. The number of fused-ring (bicyclic) bond motifs is 3. The molecule has 7 nitrogen and oxygen atoms in total. The van der Waals surface area contributed by atoms with E-state index in [0.29, 0.717) is 6.42 Å². The fourth-order valence-electron chi connectivity index (χ4n) is 4.17. The van der Waals surface area contributed by atoms with E-state index < -0.39 is 35.3 Å². The van der Waals surface area contributed by atoms with Crippen LogP contribution in [0.2, 0.25) is 0 Å². The standard InChI is InChI=1S/C26H32N2O5/c1-5-16(24(30)31)14-27-23(29)22(26(2,3)4)28-25(32)33-15-21-19-12-8-6-10-17(19)18-11-7-9-13-20(18)21/h6-13,16,21-22H,5,14-15H2,1-4H3,(H,27,29)(H,28,32)(H,30,31)/t16?,22-/m1/s1. The fraction of sp³-hybridized carbons (Fsp3) is 0.423. The van der Waals surface area contributed by atoms with E-state index in [0.717, 1.165) is 22.3 Å². The average Bonchev–Trinajstić information content (AvgIpc) is 3.09. The van der Waals surface area contributed by atoms with Crippen LogP contribution in [0.1, 0.15) is 51.2 Å². The zero-order chi connectivity index (χ0) is 24.2. The molecule has 1 aliphatic carbocycles. The van der Waals surface area contributed by atoms with Crippen LogP contribution in [0.3, 0.4) is 0 Å². The number of rotatable bonds is 8. The highest BCUT2D eigenvalue weighted by molar-refractivity contribution is 5.87. The van der Waals surface area contributed by atoms with Crippen LogP contribution in [0.25, 0.3) is 11.1 Å². The summed E-state index contributed by atoms with van der Waals surface area (Å²) >= 11 is 0. The molecule has 0 spiro atoms. The number of ether oxygens (including phenoxy) is 1. The summed E-state index contributed by atoms with van der Waals surface area (Å²) < 4.78 is 5.58. The minimum Gasteiger partial charge on any atom is -0.481 e. The van der Waals surface area contributed by atoms with E-state index in [2.05, 4.69) is 22.8 Å². The number of carboxylic acid groups (broad SMARTS) is 1. The fourth-order valence-corrected chi connectivity index (χ4v) is 4.17. The van der Waals surface area contributed by atoms with Crippen LogP contribution in [0.5, 0.6) is 0 Å². The molecule has 0 aromatic heterocycles. The van der Waals surface area contributed by atoms with Crippen molar-refractivity contribution in [2.24, 2.45) is 11.3 Å². The Morgan fingerprint density at radius 1 is 1.00 bits per heavy atom. The van der Waals surface area contributed by atoms with Crippen molar-refractivity contribution in [3.8, 4) is 11.1 Å². The van der Waals surface area contributed by atoms with Crippen LogP contribution in [0.15, 0.2) is 48.5 Å². The van der Waals surface area contributed by atoms with Gasteiger partial charge in [-0.3, -0.25) is 9.59 Å². The summed E-state index contributed by atoms with van der Waals surface area (Å²) in [6, 6.07) is 15.3. The van der Waals surface area contributed by atoms with E-state index in [-0.39, 0.29) is 19.1 Å². The molecule has 2 aromatic rings. The highest BCUT2D eigenvalue weighted by Gasteiger charge is 2.35. The Morgan fingerprint density at radius 3 is 2.03 bits per heavy atom. The number of carboxylic acids is 1. The molecule has 0 aliphatic heterocycles. The molecule has 0 saturated heterocycles. The molecule has 2 aromatic carbocycles. The second-order valence-electron chi connectivity index (χ2n) is 9.46. The van der Waals surface area contributed by atoms with Crippen LogP contribution < -0.4 is 10.6 Å². The van der Waals surface area contributed by atoms with Crippen molar-refractivity contribution >= 4 is 18.0 Å². The van der Waals surface area contributed by atoms with E-state index >= 15 is 0 Å². The molecule has 0 radical (unpaired) electrons. The lowest BCUT2D eigenvalue weighted by Gasteiger charge is -2.30. The molecular formula is C26H32N2O5. The van der Waals surface area contributed by atoms with Gasteiger partial charge in [0.1, 0.15) is 12.6 Å². The van der Waals surface area contributed by atoms with Crippen molar-refractivity contribution in [3.63, 3.8) is 0 Å². The smallest absolute Gasteiger partial charge is 0.407 e. The van der Waals surface area contributed by atoms with Gasteiger partial charge in [-0.25, -0.2) is 4.79 Å². The lowest BCUT2D eigenvalue weighted by Crippen LogP contribution is -2.54. The predicted molar refractivity (Wildman–Crippen MR) is 126 cm³/mol. The van der Waals surface area contributed by atoms with Gasteiger partial charge < -0.3 is 20.5 Å². The maximum atomic E-state index is 12.8. The number of nitrogens with one attached hydrogen (secondary N) is 2. The summed E-state index contributed by atoms with van der Waals surface area (Å²) in [6.45, 7) is 7.39. The molecular weight excluding hydrogens is 420 g/mol. The quantitative estimate of drug-likeness (QED) is 0.558. The van der Waals surface area contributed by atoms with Crippen LogP contribution >= 0.6 is 0 Å². The minimum absolute atomic E-state index is 0.00359. The number of hydrogen-bond donors (Lipinski definition) is 3. The molecule has 3 N–H and O–H groups in total. The lowest BCUT2D eigenvalue weighted by molar-refractivity contribution is -0.141. The molecule has 176 valence electrons. The third-order valence-electron chi connectivity index (χ3n) is 6.10. The number of alkyl carbamates (subject to hydrolysis) is 1. The molecule has 2 atom stereocenters. The number of carbonyl (C=O) groups is 3. The van der Waals surface area contributed by atoms with Crippen molar-refractivity contribution < 1.29 is 24.2 Å². The highest BCUT2D eigenvalue weighted by Crippen LogP contribution is 2.44. The average molecular weight is 453 g/mol. The van der Waals surface area contributed by atoms with E-state index in [1.165, 1.54) is 0 Å². The third kappa shape index (κ3) is 5.53. The van der Waals surface area contributed by atoms with Crippen molar-refractivity contribution in [1.82, 2.24) is 10.6 Å². The van der Waals surface area contributed by atoms with Gasteiger partial charge >= 0.3 is 12.1 Å². The van der Waals surface area contributed by atoms with E-state index in [1.807, 2.05) is 57.2 Å². The monoisotopic (exact) mass is 452 g/mol. The minimum atomic E-state index is -0.963. The van der Waals surface area contributed by atoms with Gasteiger partial charge in [0.2, 0.25) is 5.91 Å². The Labute approximate surface area is 194 Å². The second-order valence-corrected chi connectivity index (χ2v) is 9.46. The topological polar surface area (TPSA) is 105 Å². The van der Waals surface area contributed by atoms with Crippen molar-refractivity contribution in [2.75, 3.05) is 13.2 Å². The first-order valence-corrected chi connectivity index (χ1v) is 11.3. The SMILES string of the molecule is CCC(CNC(=O)[C@@H](NC(=O)OCC1c2ccccc2-c2ccccc21)C(C)(C)C)C(=O)O. The molecule has 1 aliphatic rings. The zero-order valence-corrected chi connectivity index (χ0v) is 19.6. The van der Waals surface area contributed by atoms with Gasteiger partial charge in [0.25, 0.3) is 0 Å². The normalized spacial score (nSPS) is 14.5. The molecule has 1 unspecified atom stereocenters. The summed E-state index contributed by atoms with van der Waals surface area (Å²) in [5, 5.41) is 14.5. The molecule has 33 heavy (non-hydrogen) atoms. The van der Waals surface area contributed by atoms with Crippen molar-refractivity contribution in [3.05, 3.63) is 59.7 Å². The number of hydrogen-bond acceptors (Lipinski definition) is 4. The van der Waals surface area contributed by atoms with Gasteiger partial charge in [-0.15, -0.1) is 0 Å². The summed E-state index contributed by atoms with van der Waals surface area (Å²) in [5.41, 5.74) is 3.89. The second kappa shape index (κ2) is 10.1. The van der Waals surface area contributed by atoms with Gasteiger partial charge in [0, 0.05) is 12.5 Å². The van der Waals surface area contributed by atoms with Crippen LogP contribution in [0, 0.1) is 11.3 Å². The first kappa shape index (κ1) is 24.3. The van der Waals surface area contributed by atoms with Crippen molar-refractivity contribution in [1.29, 1.82) is 0 Å². The van der Waals surface area contributed by atoms with Gasteiger partial charge in [0.15, 0.2) is 0 Å². The van der Waals surface area contributed by atoms with Gasteiger partial charge in [-0.05, 0) is 34.1 Å². The molecule has 3 rings (SSSR count). The molecule has 0 fully saturated rings. The number of amides is 2. The van der Waals surface area contributed by atoms with E-state index in [9.17, 15) is 19.5 Å². The Bertz CT molecular complexity index is 982. The van der Waals surface area contributed by atoms with E-state index in [4.69, 9.17) is 4.74 Å². The first-order chi connectivity index (χ1) is 15.6. The van der Waals surface area contributed by atoms with Crippen LogP contribution in [-0.4, -0.2) is 42.3 Å². The largest absolute Gasteiger partial charge is 0.481 e. The predicted octanol–water partition coefficient (Wildman–Crippen LogP) is 4.17. The summed E-state index contributed by atoms with van der Waals surface area (Å²) in [6.07, 6.45) is -0.285. The lowest BCUT2D eigenvalue weighted by atomic mass is 9.86. The Balaban J connectivity index is 1.66. The summed E-state index contributed by atoms with van der Waals surface area (Å²) in [5.74, 6) is -2.15. The zero-order valence-electron chi connectivity index (χ0n) is 19.6. The number of carbonyl (C=O) groups excluding carboxylic acids is 2. The maximum absolute atomic E-state index is 12.8. The third-order valence-corrected chi connectivity index (χ3v) is 6.10. The van der Waals surface area contributed by atoms with Crippen molar-refractivity contribution in [2.45, 2.75) is 46.1 Å². The Kier molecular flexibility index (Phi) is 7.41. The number of benzene rings is 2. The van der Waals surface area contributed by atoms with Gasteiger partial charge in [-0.1, -0.05) is 76.2 Å². The molecule has 0 saturated carbocycles. The van der Waals surface area contributed by atoms with Crippen LogP contribution in [0.4, 0.5) is 4.79 Å². The highest BCUT2D eigenvalue weighted by atomic mass is 16.5. The van der Waals surface area contributed by atoms with Crippen LogP contribution in [-0.2, 0) is 14.3 Å².